The predicted molar refractivity (Wildman–Crippen MR) is 87.6 cm³/mol. The molecule has 1 N–H and O–H groups in total. The molecular weight excluding hydrogens is 316 g/mol. The zero-order valence-corrected chi connectivity index (χ0v) is 13.2. The molecule has 0 saturated carbocycles. The number of fused-ring (bicyclic) bond motifs is 1. The fourth-order valence-electron chi connectivity index (χ4n) is 2.35. The summed E-state index contributed by atoms with van der Waals surface area (Å²) >= 11 is 1.55. The van der Waals surface area contributed by atoms with E-state index in [-0.39, 0.29) is 17.3 Å². The van der Waals surface area contributed by atoms with E-state index in [0.717, 1.165) is 4.88 Å². The van der Waals surface area contributed by atoms with Gasteiger partial charge in [-0.2, -0.15) is 5.10 Å². The van der Waals surface area contributed by atoms with E-state index in [9.17, 15) is 14.9 Å². The molecule has 2 heterocycles. The largest absolute Gasteiger partial charge is 0.346 e. The maximum atomic E-state index is 12.4. The van der Waals surface area contributed by atoms with Gasteiger partial charge in [-0.25, -0.2) is 0 Å². The Balaban J connectivity index is 1.96. The molecule has 1 aromatic carbocycles. The second kappa shape index (κ2) is 6.17. The lowest BCUT2D eigenvalue weighted by atomic mass is 10.2. The first kappa shape index (κ1) is 15.2. The summed E-state index contributed by atoms with van der Waals surface area (Å²) in [5, 5.41) is 20.5. The van der Waals surface area contributed by atoms with Crippen LogP contribution in [0, 0.1) is 10.1 Å². The quantitative estimate of drug-likeness (QED) is 0.575. The summed E-state index contributed by atoms with van der Waals surface area (Å²) in [6.07, 6.45) is 0. The molecule has 0 aliphatic heterocycles. The number of carbonyl (C=O) groups is 1. The number of aromatic nitrogens is 2. The number of thiophene rings is 1. The number of nitrogens with zero attached hydrogens (tertiary/aromatic N) is 3. The molecule has 118 valence electrons. The molecule has 8 heteroatoms. The van der Waals surface area contributed by atoms with E-state index in [4.69, 9.17) is 0 Å². The molecule has 7 nitrogen and oxygen atoms in total. The number of nitro groups is 1. The summed E-state index contributed by atoms with van der Waals surface area (Å²) in [7, 11) is 0. The van der Waals surface area contributed by atoms with Gasteiger partial charge in [0.1, 0.15) is 0 Å². The van der Waals surface area contributed by atoms with Gasteiger partial charge in [-0.05, 0) is 24.4 Å². The summed E-state index contributed by atoms with van der Waals surface area (Å²) in [6, 6.07) is 8.29. The molecule has 0 spiro atoms. The summed E-state index contributed by atoms with van der Waals surface area (Å²) < 4.78 is 1.67. The highest BCUT2D eigenvalue weighted by Crippen LogP contribution is 2.24. The first-order chi connectivity index (χ1) is 11.1. The topological polar surface area (TPSA) is 90.1 Å². The number of aryl methyl sites for hydroxylation is 1. The van der Waals surface area contributed by atoms with Crippen LogP contribution in [0.5, 0.6) is 0 Å². The highest BCUT2D eigenvalue weighted by molar-refractivity contribution is 7.09. The van der Waals surface area contributed by atoms with Crippen LogP contribution in [0.3, 0.4) is 0 Å². The molecular formula is C15H14N4O3S. The van der Waals surface area contributed by atoms with Crippen molar-refractivity contribution in [3.8, 4) is 0 Å². The average molecular weight is 330 g/mol. The number of nitro benzene ring substituents is 1. The molecule has 2 aromatic heterocycles. The number of hydrogen-bond acceptors (Lipinski definition) is 5. The second-order valence-corrected chi connectivity index (χ2v) is 5.92. The van der Waals surface area contributed by atoms with E-state index in [1.54, 1.807) is 22.1 Å². The van der Waals surface area contributed by atoms with Crippen molar-refractivity contribution in [2.45, 2.75) is 20.0 Å². The third-order valence-electron chi connectivity index (χ3n) is 3.46. The smallest absolute Gasteiger partial charge is 0.272 e. The number of benzene rings is 1. The summed E-state index contributed by atoms with van der Waals surface area (Å²) in [5.74, 6) is -0.337. The van der Waals surface area contributed by atoms with Crippen LogP contribution in [-0.2, 0) is 13.1 Å². The van der Waals surface area contributed by atoms with Crippen molar-refractivity contribution in [3.63, 3.8) is 0 Å². The Bertz CT molecular complexity index is 870. The molecule has 0 aliphatic carbocycles. The lowest BCUT2D eigenvalue weighted by Gasteiger charge is -2.01. The third kappa shape index (κ3) is 2.93. The fraction of sp³-hybridized carbons (Fsp3) is 0.200. The van der Waals surface area contributed by atoms with Crippen LogP contribution in [0.4, 0.5) is 5.69 Å². The van der Waals surface area contributed by atoms with Crippen LogP contribution in [0.25, 0.3) is 10.9 Å². The van der Waals surface area contributed by atoms with Crippen LogP contribution in [-0.4, -0.2) is 20.6 Å². The number of carbonyl (C=O) groups excluding carboxylic acids is 1. The van der Waals surface area contributed by atoms with Gasteiger partial charge in [-0.3, -0.25) is 19.6 Å². The van der Waals surface area contributed by atoms with Crippen molar-refractivity contribution >= 4 is 33.8 Å². The second-order valence-electron chi connectivity index (χ2n) is 4.88. The van der Waals surface area contributed by atoms with E-state index in [2.05, 4.69) is 10.4 Å². The molecule has 0 fully saturated rings. The first-order valence-corrected chi connectivity index (χ1v) is 7.93. The molecule has 0 unspecified atom stereocenters. The van der Waals surface area contributed by atoms with Crippen molar-refractivity contribution in [2.24, 2.45) is 0 Å². The van der Waals surface area contributed by atoms with Gasteiger partial charge >= 0.3 is 0 Å². The number of non-ortho nitro benzene ring substituents is 1. The maximum absolute atomic E-state index is 12.4. The molecule has 0 aliphatic rings. The van der Waals surface area contributed by atoms with Crippen LogP contribution in [0.1, 0.15) is 22.3 Å². The Morgan fingerprint density at radius 2 is 2.26 bits per heavy atom. The molecule has 3 aromatic rings. The lowest BCUT2D eigenvalue weighted by Crippen LogP contribution is -2.23. The average Bonchev–Trinajstić information content (AvgIpc) is 3.19. The van der Waals surface area contributed by atoms with Gasteiger partial charge in [0.05, 0.1) is 17.0 Å². The van der Waals surface area contributed by atoms with Crippen molar-refractivity contribution in [1.82, 2.24) is 15.1 Å². The minimum Gasteiger partial charge on any atom is -0.346 e. The van der Waals surface area contributed by atoms with Gasteiger partial charge in [-0.15, -0.1) is 11.3 Å². The van der Waals surface area contributed by atoms with E-state index in [1.165, 1.54) is 12.1 Å². The summed E-state index contributed by atoms with van der Waals surface area (Å²) in [6.45, 7) is 2.89. The highest BCUT2D eigenvalue weighted by atomic mass is 32.1. The van der Waals surface area contributed by atoms with Crippen LogP contribution >= 0.6 is 11.3 Å². The number of hydrogen-bond donors (Lipinski definition) is 1. The Kier molecular flexibility index (Phi) is 4.07. The zero-order chi connectivity index (χ0) is 16.4. The summed E-state index contributed by atoms with van der Waals surface area (Å²) in [5.41, 5.74) is 0.863. The minimum atomic E-state index is -0.476. The standard InChI is InChI=1S/C15H14N4O3S/c1-2-18-13-6-5-10(19(21)22)8-12(13)14(17-18)15(20)16-9-11-4-3-7-23-11/h3-8H,2,9H2,1H3,(H,16,20). The van der Waals surface area contributed by atoms with Gasteiger partial charge in [0.15, 0.2) is 5.69 Å². The molecule has 0 atom stereocenters. The van der Waals surface area contributed by atoms with Gasteiger partial charge in [0, 0.05) is 28.9 Å². The summed E-state index contributed by atoms with van der Waals surface area (Å²) in [4.78, 5) is 23.9. The van der Waals surface area contributed by atoms with E-state index in [1.807, 2.05) is 24.4 Å². The van der Waals surface area contributed by atoms with Crippen molar-refractivity contribution in [2.75, 3.05) is 0 Å². The number of nitrogens with one attached hydrogen (secondary N) is 1. The van der Waals surface area contributed by atoms with Crippen molar-refractivity contribution in [1.29, 1.82) is 0 Å². The highest BCUT2D eigenvalue weighted by Gasteiger charge is 2.19. The van der Waals surface area contributed by atoms with Gasteiger partial charge in [0.2, 0.25) is 0 Å². The maximum Gasteiger partial charge on any atom is 0.272 e. The third-order valence-corrected chi connectivity index (χ3v) is 4.34. The monoisotopic (exact) mass is 330 g/mol. The van der Waals surface area contributed by atoms with E-state index >= 15 is 0 Å². The van der Waals surface area contributed by atoms with E-state index in [0.29, 0.717) is 24.0 Å². The molecule has 0 radical (unpaired) electrons. The molecule has 0 bridgehead atoms. The Morgan fingerprint density at radius 3 is 2.91 bits per heavy atom. The first-order valence-electron chi connectivity index (χ1n) is 7.05. The van der Waals surface area contributed by atoms with Gasteiger partial charge in [-0.1, -0.05) is 6.07 Å². The Hall–Kier alpha value is -2.74. The van der Waals surface area contributed by atoms with Crippen LogP contribution in [0.2, 0.25) is 0 Å². The molecule has 3 rings (SSSR count). The molecule has 1 amide bonds. The Morgan fingerprint density at radius 1 is 1.43 bits per heavy atom. The van der Waals surface area contributed by atoms with Gasteiger partial charge < -0.3 is 5.32 Å². The lowest BCUT2D eigenvalue weighted by molar-refractivity contribution is -0.384. The van der Waals surface area contributed by atoms with Crippen molar-refractivity contribution in [3.05, 3.63) is 56.4 Å². The Labute approximate surface area is 135 Å². The van der Waals surface area contributed by atoms with Gasteiger partial charge in [0.25, 0.3) is 11.6 Å². The minimum absolute atomic E-state index is 0.0551. The fourth-order valence-corrected chi connectivity index (χ4v) is 3.00. The normalized spacial score (nSPS) is 10.8. The van der Waals surface area contributed by atoms with Crippen LogP contribution in [0.15, 0.2) is 35.7 Å². The van der Waals surface area contributed by atoms with Crippen molar-refractivity contribution < 1.29 is 9.72 Å². The van der Waals surface area contributed by atoms with Crippen LogP contribution < -0.4 is 5.32 Å². The molecule has 23 heavy (non-hydrogen) atoms. The molecule has 0 saturated heterocycles. The zero-order valence-electron chi connectivity index (χ0n) is 12.4. The van der Waals surface area contributed by atoms with E-state index < -0.39 is 4.92 Å². The number of amides is 1. The number of rotatable bonds is 5. The predicted octanol–water partition coefficient (Wildman–Crippen LogP) is 2.96. The SMILES string of the molecule is CCn1nc(C(=O)NCc2cccs2)c2cc([N+](=O)[O-])ccc21.